The zero-order valence-corrected chi connectivity index (χ0v) is 12.4. The zero-order valence-electron chi connectivity index (χ0n) is 12.4. The number of aromatic nitrogens is 6. The van der Waals surface area contributed by atoms with Crippen LogP contribution in [0.25, 0.3) is 22.2 Å². The van der Waals surface area contributed by atoms with Gasteiger partial charge in [-0.1, -0.05) is 6.07 Å². The van der Waals surface area contributed by atoms with Crippen molar-refractivity contribution in [2.45, 2.75) is 25.4 Å². The maximum atomic E-state index is 4.49. The molecule has 0 atom stereocenters. The fraction of sp³-hybridized carbons (Fsp3) is 0.250. The molecule has 0 aliphatic heterocycles. The number of anilines is 1. The Kier molecular flexibility index (Phi) is 2.61. The largest absolute Gasteiger partial charge is 0.364 e. The van der Waals surface area contributed by atoms with Crippen LogP contribution in [0.2, 0.25) is 0 Å². The van der Waals surface area contributed by atoms with E-state index in [9.17, 15) is 0 Å². The highest BCUT2D eigenvalue weighted by Gasteiger charge is 2.26. The molecule has 0 radical (unpaired) electrons. The van der Waals surface area contributed by atoms with E-state index in [4.69, 9.17) is 0 Å². The summed E-state index contributed by atoms with van der Waals surface area (Å²) in [5.41, 5.74) is 4.92. The van der Waals surface area contributed by atoms with Crippen LogP contribution in [0.5, 0.6) is 0 Å². The molecule has 1 saturated carbocycles. The number of fused-ring (bicyclic) bond motifs is 2. The van der Waals surface area contributed by atoms with Crippen LogP contribution in [-0.2, 0) is 6.54 Å². The Labute approximate surface area is 131 Å². The number of H-pyrrole nitrogens is 1. The molecule has 3 aromatic heterocycles. The average molecular weight is 305 g/mol. The molecule has 0 spiro atoms. The molecule has 0 unspecified atom stereocenters. The Morgan fingerprint density at radius 3 is 3.04 bits per heavy atom. The van der Waals surface area contributed by atoms with Gasteiger partial charge in [0.2, 0.25) is 0 Å². The first-order valence-corrected chi connectivity index (χ1v) is 7.72. The minimum atomic E-state index is 0.561. The third-order valence-corrected chi connectivity index (χ3v) is 4.24. The van der Waals surface area contributed by atoms with Gasteiger partial charge in [0, 0.05) is 12.6 Å². The van der Waals surface area contributed by atoms with Crippen LogP contribution >= 0.6 is 0 Å². The molecule has 1 aliphatic carbocycles. The fourth-order valence-electron chi connectivity index (χ4n) is 2.88. The third kappa shape index (κ3) is 2.12. The van der Waals surface area contributed by atoms with Crippen molar-refractivity contribution < 1.29 is 0 Å². The van der Waals surface area contributed by atoms with Gasteiger partial charge in [-0.05, 0) is 30.5 Å². The molecule has 0 amide bonds. The van der Waals surface area contributed by atoms with Crippen LogP contribution in [0.15, 0.2) is 37.2 Å². The Morgan fingerprint density at radius 2 is 2.13 bits per heavy atom. The normalized spacial score (nSPS) is 14.6. The number of aromatic amines is 1. The summed E-state index contributed by atoms with van der Waals surface area (Å²) in [6, 6.07) is 6.74. The minimum Gasteiger partial charge on any atom is -0.364 e. The highest BCUT2D eigenvalue weighted by molar-refractivity contribution is 5.83. The van der Waals surface area contributed by atoms with E-state index in [1.54, 1.807) is 12.7 Å². The van der Waals surface area contributed by atoms with Gasteiger partial charge < -0.3 is 14.9 Å². The molecule has 1 aliphatic rings. The van der Waals surface area contributed by atoms with Crippen molar-refractivity contribution in [1.29, 1.82) is 0 Å². The first kappa shape index (κ1) is 12.6. The van der Waals surface area contributed by atoms with Gasteiger partial charge in [0.1, 0.15) is 11.8 Å². The van der Waals surface area contributed by atoms with E-state index in [-0.39, 0.29) is 0 Å². The quantitative estimate of drug-likeness (QED) is 0.605. The van der Waals surface area contributed by atoms with Crippen LogP contribution in [0.4, 0.5) is 5.82 Å². The van der Waals surface area contributed by atoms with Crippen molar-refractivity contribution in [3.63, 3.8) is 0 Å². The number of rotatable bonds is 4. The molecule has 5 rings (SSSR count). The van der Waals surface area contributed by atoms with E-state index < -0.39 is 0 Å². The molecule has 7 heteroatoms. The van der Waals surface area contributed by atoms with Crippen LogP contribution in [0, 0.1) is 0 Å². The number of hydrogen-bond donors (Lipinski definition) is 2. The van der Waals surface area contributed by atoms with Crippen molar-refractivity contribution in [2.75, 3.05) is 5.32 Å². The van der Waals surface area contributed by atoms with E-state index in [2.05, 4.69) is 46.9 Å². The van der Waals surface area contributed by atoms with Gasteiger partial charge in [0.05, 0.1) is 23.7 Å². The summed E-state index contributed by atoms with van der Waals surface area (Å²) >= 11 is 0. The molecule has 1 aromatic carbocycles. The summed E-state index contributed by atoms with van der Waals surface area (Å²) in [5.74, 6) is 0.777. The smallest absolute Gasteiger partial charge is 0.165 e. The highest BCUT2D eigenvalue weighted by Crippen LogP contribution is 2.37. The van der Waals surface area contributed by atoms with E-state index >= 15 is 0 Å². The molecule has 23 heavy (non-hydrogen) atoms. The van der Waals surface area contributed by atoms with Crippen molar-refractivity contribution in [3.8, 4) is 0 Å². The molecule has 2 N–H and O–H groups in total. The Morgan fingerprint density at radius 1 is 1.17 bits per heavy atom. The molecule has 0 bridgehead atoms. The molecular weight excluding hydrogens is 290 g/mol. The molecule has 7 nitrogen and oxygen atoms in total. The van der Waals surface area contributed by atoms with E-state index in [1.165, 1.54) is 12.8 Å². The number of nitrogens with one attached hydrogen (secondary N) is 2. The van der Waals surface area contributed by atoms with Crippen molar-refractivity contribution >= 4 is 28.0 Å². The number of benzene rings is 1. The average Bonchev–Trinajstić information content (AvgIpc) is 3.16. The lowest BCUT2D eigenvalue weighted by Crippen LogP contribution is -2.03. The monoisotopic (exact) mass is 305 g/mol. The van der Waals surface area contributed by atoms with Gasteiger partial charge in [-0.3, -0.25) is 0 Å². The number of hydrogen-bond acceptors (Lipinski definition) is 5. The van der Waals surface area contributed by atoms with Gasteiger partial charge in [0.15, 0.2) is 11.5 Å². The lowest BCUT2D eigenvalue weighted by molar-refractivity contribution is 0.756. The molecule has 3 heterocycles. The van der Waals surface area contributed by atoms with Crippen molar-refractivity contribution in [3.05, 3.63) is 42.7 Å². The van der Waals surface area contributed by atoms with Gasteiger partial charge in [-0.2, -0.15) is 0 Å². The van der Waals surface area contributed by atoms with E-state index in [1.807, 2.05) is 12.4 Å². The molecule has 114 valence electrons. The molecule has 0 saturated heterocycles. The lowest BCUT2D eigenvalue weighted by Gasteiger charge is -2.06. The molecule has 4 aromatic rings. The number of nitrogens with zero attached hydrogens (tertiary/aromatic N) is 5. The van der Waals surface area contributed by atoms with E-state index in [0.717, 1.165) is 33.6 Å². The second-order valence-electron chi connectivity index (χ2n) is 5.89. The Balaban J connectivity index is 1.44. The SMILES string of the molecule is c1nc(NCc2ccc3nc[nH]c3c2)c2ncn(C3CC3)c2n1. The first-order valence-electron chi connectivity index (χ1n) is 7.72. The summed E-state index contributed by atoms with van der Waals surface area (Å²) in [7, 11) is 0. The maximum absolute atomic E-state index is 4.49. The third-order valence-electron chi connectivity index (χ3n) is 4.24. The maximum Gasteiger partial charge on any atom is 0.165 e. The van der Waals surface area contributed by atoms with Crippen molar-refractivity contribution in [2.24, 2.45) is 0 Å². The van der Waals surface area contributed by atoms with Gasteiger partial charge in [-0.15, -0.1) is 0 Å². The molecule has 1 fully saturated rings. The lowest BCUT2D eigenvalue weighted by atomic mass is 10.2. The van der Waals surface area contributed by atoms with Gasteiger partial charge >= 0.3 is 0 Å². The standard InChI is InChI=1S/C16H15N7/c1-4-12-13(19-7-18-12)5-10(1)6-17-15-14-16(21-8-20-15)23(9-22-14)11-2-3-11/h1,4-5,7-9,11H,2-3,6H2,(H,18,19)(H,17,20,21). The summed E-state index contributed by atoms with van der Waals surface area (Å²) in [6.45, 7) is 0.678. The van der Waals surface area contributed by atoms with Crippen LogP contribution < -0.4 is 5.32 Å². The first-order chi connectivity index (χ1) is 11.4. The zero-order chi connectivity index (χ0) is 15.2. The topological polar surface area (TPSA) is 84.3 Å². The summed E-state index contributed by atoms with van der Waals surface area (Å²) in [6.07, 6.45) is 7.60. The summed E-state index contributed by atoms with van der Waals surface area (Å²) < 4.78 is 2.15. The second kappa shape index (κ2) is 4.77. The van der Waals surface area contributed by atoms with Gasteiger partial charge in [0.25, 0.3) is 0 Å². The predicted molar refractivity (Wildman–Crippen MR) is 87.0 cm³/mol. The Bertz CT molecular complexity index is 996. The number of imidazole rings is 2. The summed E-state index contributed by atoms with van der Waals surface area (Å²) in [4.78, 5) is 20.6. The molecular formula is C16H15N7. The van der Waals surface area contributed by atoms with Crippen LogP contribution in [-0.4, -0.2) is 29.5 Å². The van der Waals surface area contributed by atoms with Crippen LogP contribution in [0.3, 0.4) is 0 Å². The second-order valence-corrected chi connectivity index (χ2v) is 5.89. The highest BCUT2D eigenvalue weighted by atomic mass is 15.2. The predicted octanol–water partition coefficient (Wildman–Crippen LogP) is 2.65. The summed E-state index contributed by atoms with van der Waals surface area (Å²) in [5, 5.41) is 3.37. The van der Waals surface area contributed by atoms with Gasteiger partial charge in [-0.25, -0.2) is 19.9 Å². The van der Waals surface area contributed by atoms with Crippen LogP contribution in [0.1, 0.15) is 24.4 Å². The Hall–Kier alpha value is -2.96. The fourth-order valence-corrected chi connectivity index (χ4v) is 2.88. The van der Waals surface area contributed by atoms with Crippen molar-refractivity contribution in [1.82, 2.24) is 29.5 Å². The van der Waals surface area contributed by atoms with E-state index in [0.29, 0.717) is 12.6 Å². The minimum absolute atomic E-state index is 0.561.